The number of rotatable bonds is 7. The van der Waals surface area contributed by atoms with Crippen LogP contribution in [0.2, 0.25) is 0 Å². The Bertz CT molecular complexity index is 739. The molecule has 1 atom stereocenters. The van der Waals surface area contributed by atoms with Crippen molar-refractivity contribution in [3.8, 4) is 6.07 Å². The van der Waals surface area contributed by atoms with Crippen molar-refractivity contribution in [2.24, 2.45) is 0 Å². The number of aromatic nitrogens is 4. The Kier molecular flexibility index (Phi) is 5.98. The summed E-state index contributed by atoms with van der Waals surface area (Å²) in [7, 11) is 0. The number of ether oxygens (including phenoxy) is 1. The van der Waals surface area contributed by atoms with Gasteiger partial charge in [0, 0.05) is 12.3 Å². The maximum absolute atomic E-state index is 12.5. The molecule has 9 heteroatoms. The Hall–Kier alpha value is -2.44. The minimum Gasteiger partial charge on any atom is -0.376 e. The number of carbonyl (C=O) groups is 1. The molecule has 0 spiro atoms. The number of benzene rings is 1. The molecule has 0 saturated carbocycles. The zero-order valence-electron chi connectivity index (χ0n) is 13.6. The number of amides is 1. The van der Waals surface area contributed by atoms with Crippen molar-refractivity contribution in [2.75, 3.05) is 23.8 Å². The number of carbonyl (C=O) groups excluding carboxylic acids is 1. The van der Waals surface area contributed by atoms with E-state index in [1.54, 1.807) is 16.8 Å². The molecule has 1 unspecified atom stereocenters. The second-order valence-corrected chi connectivity index (χ2v) is 6.48. The molecule has 1 saturated heterocycles. The van der Waals surface area contributed by atoms with Crippen LogP contribution in [-0.2, 0) is 16.1 Å². The van der Waals surface area contributed by atoms with Gasteiger partial charge in [0.2, 0.25) is 11.1 Å². The van der Waals surface area contributed by atoms with Crippen LogP contribution in [0.25, 0.3) is 0 Å². The Morgan fingerprint density at radius 3 is 3.00 bits per heavy atom. The highest BCUT2D eigenvalue weighted by molar-refractivity contribution is 7.99. The maximum atomic E-state index is 12.5. The molecule has 3 rings (SSSR count). The predicted molar refractivity (Wildman–Crippen MR) is 91.9 cm³/mol. The van der Waals surface area contributed by atoms with Crippen molar-refractivity contribution in [3.63, 3.8) is 0 Å². The van der Waals surface area contributed by atoms with E-state index in [4.69, 9.17) is 10.00 Å². The topological polar surface area (TPSA) is 96.9 Å². The zero-order valence-corrected chi connectivity index (χ0v) is 14.4. The van der Waals surface area contributed by atoms with Gasteiger partial charge >= 0.3 is 0 Å². The van der Waals surface area contributed by atoms with Crippen LogP contribution < -0.4 is 4.90 Å². The lowest BCUT2D eigenvalue weighted by Crippen LogP contribution is -2.32. The summed E-state index contributed by atoms with van der Waals surface area (Å²) in [4.78, 5) is 14.0. The highest BCUT2D eigenvalue weighted by Gasteiger charge is 2.21. The second kappa shape index (κ2) is 8.60. The number of nitriles is 1. The van der Waals surface area contributed by atoms with Crippen LogP contribution in [0.15, 0.2) is 35.5 Å². The molecule has 0 N–H and O–H groups in total. The fraction of sp³-hybridized carbons (Fsp3) is 0.438. The average molecular weight is 358 g/mol. The van der Waals surface area contributed by atoms with E-state index < -0.39 is 0 Å². The molecule has 1 fully saturated rings. The summed E-state index contributed by atoms with van der Waals surface area (Å²) < 4.78 is 7.27. The van der Waals surface area contributed by atoms with E-state index >= 15 is 0 Å². The first kappa shape index (κ1) is 17.4. The summed E-state index contributed by atoms with van der Waals surface area (Å²) in [5, 5.41) is 21.2. The molecule has 0 aliphatic carbocycles. The second-order valence-electron chi connectivity index (χ2n) is 5.54. The van der Waals surface area contributed by atoms with Crippen LogP contribution in [0.5, 0.6) is 0 Å². The normalized spacial score (nSPS) is 16.5. The fourth-order valence-electron chi connectivity index (χ4n) is 2.60. The fourth-order valence-corrected chi connectivity index (χ4v) is 3.36. The summed E-state index contributed by atoms with van der Waals surface area (Å²) >= 11 is 1.26. The lowest BCUT2D eigenvalue weighted by molar-refractivity contribution is -0.116. The number of anilines is 1. The molecular weight excluding hydrogens is 340 g/mol. The Morgan fingerprint density at radius 1 is 1.44 bits per heavy atom. The zero-order chi connectivity index (χ0) is 17.5. The van der Waals surface area contributed by atoms with Gasteiger partial charge in [-0.05, 0) is 35.4 Å². The summed E-state index contributed by atoms with van der Waals surface area (Å²) in [6.07, 6.45) is 2.17. The van der Waals surface area contributed by atoms with Crippen LogP contribution in [0.1, 0.15) is 12.8 Å². The third-order valence-corrected chi connectivity index (χ3v) is 4.76. The van der Waals surface area contributed by atoms with E-state index in [2.05, 4.69) is 15.5 Å². The van der Waals surface area contributed by atoms with Crippen LogP contribution in [0.4, 0.5) is 5.69 Å². The van der Waals surface area contributed by atoms with Gasteiger partial charge in [0.1, 0.15) is 6.54 Å². The Morgan fingerprint density at radius 2 is 2.28 bits per heavy atom. The lowest BCUT2D eigenvalue weighted by Gasteiger charge is -2.19. The van der Waals surface area contributed by atoms with Gasteiger partial charge in [0.15, 0.2) is 0 Å². The average Bonchev–Trinajstić information content (AvgIpc) is 3.31. The van der Waals surface area contributed by atoms with Gasteiger partial charge < -0.3 is 4.74 Å². The standard InChI is InChI=1S/C16H18N6O2S/c17-8-9-21(13-5-2-1-3-6-13)15(23)12-25-16-18-19-20-22(16)11-14-7-4-10-24-14/h1-3,5-6,14H,4,7,9-12H2. The van der Waals surface area contributed by atoms with Gasteiger partial charge in [-0.1, -0.05) is 30.0 Å². The smallest absolute Gasteiger partial charge is 0.238 e. The summed E-state index contributed by atoms with van der Waals surface area (Å²) in [5.74, 6) is -0.00735. The van der Waals surface area contributed by atoms with Gasteiger partial charge in [0.05, 0.1) is 24.5 Å². The Balaban J connectivity index is 1.61. The molecule has 1 aliphatic heterocycles. The first-order valence-electron chi connectivity index (χ1n) is 8.01. The van der Waals surface area contributed by atoms with Gasteiger partial charge in [-0.3, -0.25) is 9.69 Å². The first-order valence-corrected chi connectivity index (χ1v) is 8.99. The third kappa shape index (κ3) is 4.55. The third-order valence-electron chi connectivity index (χ3n) is 3.82. The maximum Gasteiger partial charge on any atom is 0.238 e. The molecule has 0 radical (unpaired) electrons. The molecular formula is C16H18N6O2S. The van der Waals surface area contributed by atoms with E-state index in [1.165, 1.54) is 16.7 Å². The van der Waals surface area contributed by atoms with Crippen molar-refractivity contribution >= 4 is 23.4 Å². The van der Waals surface area contributed by atoms with Gasteiger partial charge in [0.25, 0.3) is 0 Å². The molecule has 2 heterocycles. The largest absolute Gasteiger partial charge is 0.376 e. The summed E-state index contributed by atoms with van der Waals surface area (Å²) in [6, 6.07) is 11.2. The van der Waals surface area contributed by atoms with Crippen LogP contribution in [-0.4, -0.2) is 51.1 Å². The lowest BCUT2D eigenvalue weighted by atomic mass is 10.2. The minimum atomic E-state index is -0.163. The minimum absolute atomic E-state index is 0.00423. The summed E-state index contributed by atoms with van der Waals surface area (Å²) in [5.41, 5.74) is 0.702. The van der Waals surface area contributed by atoms with E-state index in [0.717, 1.165) is 19.4 Å². The van der Waals surface area contributed by atoms with Gasteiger partial charge in [-0.25, -0.2) is 4.68 Å². The molecule has 0 bridgehead atoms. The highest BCUT2D eigenvalue weighted by atomic mass is 32.2. The predicted octanol–water partition coefficient (Wildman–Crippen LogP) is 1.50. The molecule has 2 aromatic rings. The summed E-state index contributed by atoms with van der Waals surface area (Å²) in [6.45, 7) is 1.36. The van der Waals surface area contributed by atoms with E-state index in [-0.39, 0.29) is 24.3 Å². The van der Waals surface area contributed by atoms with Crippen LogP contribution in [0.3, 0.4) is 0 Å². The van der Waals surface area contributed by atoms with Crippen molar-refractivity contribution < 1.29 is 9.53 Å². The molecule has 1 aromatic heterocycles. The molecule has 1 aliphatic rings. The molecule has 25 heavy (non-hydrogen) atoms. The van der Waals surface area contributed by atoms with E-state index in [9.17, 15) is 4.79 Å². The first-order chi connectivity index (χ1) is 12.3. The number of tetrazole rings is 1. The van der Waals surface area contributed by atoms with Gasteiger partial charge in [-0.15, -0.1) is 5.10 Å². The van der Waals surface area contributed by atoms with Crippen molar-refractivity contribution in [3.05, 3.63) is 30.3 Å². The number of hydrogen-bond acceptors (Lipinski definition) is 7. The SMILES string of the molecule is N#CCN(C(=O)CSc1nnnn1CC1CCCO1)c1ccccc1. The van der Waals surface area contributed by atoms with Crippen molar-refractivity contribution in [1.82, 2.24) is 20.2 Å². The van der Waals surface area contributed by atoms with E-state index in [0.29, 0.717) is 17.4 Å². The van der Waals surface area contributed by atoms with Crippen LogP contribution in [0, 0.1) is 11.3 Å². The van der Waals surface area contributed by atoms with Crippen molar-refractivity contribution in [2.45, 2.75) is 30.6 Å². The number of hydrogen-bond donors (Lipinski definition) is 0. The van der Waals surface area contributed by atoms with E-state index in [1.807, 2.05) is 24.3 Å². The number of nitrogens with zero attached hydrogens (tertiary/aromatic N) is 6. The van der Waals surface area contributed by atoms with Crippen LogP contribution >= 0.6 is 11.8 Å². The highest BCUT2D eigenvalue weighted by Crippen LogP contribution is 2.20. The number of para-hydroxylation sites is 1. The van der Waals surface area contributed by atoms with Gasteiger partial charge in [-0.2, -0.15) is 5.26 Å². The monoisotopic (exact) mass is 358 g/mol. The molecule has 1 amide bonds. The molecule has 8 nitrogen and oxygen atoms in total. The van der Waals surface area contributed by atoms with Crippen molar-refractivity contribution in [1.29, 1.82) is 5.26 Å². The quantitative estimate of drug-likeness (QED) is 0.546. The number of thioether (sulfide) groups is 1. The molecule has 1 aromatic carbocycles. The Labute approximate surface area is 149 Å². The molecule has 130 valence electrons.